The van der Waals surface area contributed by atoms with Crippen molar-refractivity contribution in [1.82, 2.24) is 10.3 Å². The molecular weight excluding hydrogens is 340 g/mol. The second kappa shape index (κ2) is 6.12. The molecule has 0 amide bonds. The third kappa shape index (κ3) is 3.72. The quantitative estimate of drug-likeness (QED) is 0.857. The Morgan fingerprint density at radius 1 is 1.30 bits per heavy atom. The molecule has 5 heteroatoms. The summed E-state index contributed by atoms with van der Waals surface area (Å²) in [6, 6.07) is 10.00. The minimum Gasteiger partial charge on any atom is -0.456 e. The predicted octanol–water partition coefficient (Wildman–Crippen LogP) is 4.54. The standard InChI is InChI=1S/C15H14BrClN2O/c16-10-1-4-15(14(17)7-10)20-13-5-6-18-12(8-13)9-19-11-2-3-11/h1,4-8,11,19H,2-3,9H2. The van der Waals surface area contributed by atoms with E-state index in [1.165, 1.54) is 12.8 Å². The summed E-state index contributed by atoms with van der Waals surface area (Å²) in [7, 11) is 0. The molecule has 1 aliphatic rings. The largest absolute Gasteiger partial charge is 0.456 e. The van der Waals surface area contributed by atoms with Crippen LogP contribution in [0.1, 0.15) is 18.5 Å². The van der Waals surface area contributed by atoms with Gasteiger partial charge in [0.25, 0.3) is 0 Å². The molecule has 0 atom stereocenters. The molecule has 0 unspecified atom stereocenters. The topological polar surface area (TPSA) is 34.1 Å². The smallest absolute Gasteiger partial charge is 0.146 e. The third-order valence-corrected chi connectivity index (χ3v) is 3.85. The molecule has 0 aliphatic heterocycles. The fraction of sp³-hybridized carbons (Fsp3) is 0.267. The van der Waals surface area contributed by atoms with Crippen LogP contribution in [0.4, 0.5) is 0 Å². The van der Waals surface area contributed by atoms with Crippen molar-refractivity contribution in [1.29, 1.82) is 0 Å². The van der Waals surface area contributed by atoms with Crippen molar-refractivity contribution in [2.24, 2.45) is 0 Å². The molecule has 0 bridgehead atoms. The number of hydrogen-bond acceptors (Lipinski definition) is 3. The van der Waals surface area contributed by atoms with Crippen molar-refractivity contribution in [3.8, 4) is 11.5 Å². The molecule has 104 valence electrons. The first-order chi connectivity index (χ1) is 9.70. The number of nitrogens with one attached hydrogen (secondary N) is 1. The van der Waals surface area contributed by atoms with Crippen LogP contribution in [0, 0.1) is 0 Å². The molecule has 20 heavy (non-hydrogen) atoms. The first-order valence-electron chi connectivity index (χ1n) is 6.52. The van der Waals surface area contributed by atoms with Gasteiger partial charge in [-0.05, 0) is 37.1 Å². The normalized spacial score (nSPS) is 14.3. The van der Waals surface area contributed by atoms with E-state index in [0.717, 1.165) is 22.5 Å². The summed E-state index contributed by atoms with van der Waals surface area (Å²) in [6.45, 7) is 0.774. The van der Waals surface area contributed by atoms with E-state index >= 15 is 0 Å². The highest BCUT2D eigenvalue weighted by molar-refractivity contribution is 9.10. The predicted molar refractivity (Wildman–Crippen MR) is 83.3 cm³/mol. The molecule has 1 aromatic heterocycles. The molecule has 1 N–H and O–H groups in total. The zero-order chi connectivity index (χ0) is 13.9. The fourth-order valence-corrected chi connectivity index (χ4v) is 2.55. The maximum atomic E-state index is 6.15. The molecular formula is C15H14BrClN2O. The number of ether oxygens (including phenoxy) is 1. The number of halogens is 2. The Bertz CT molecular complexity index is 617. The molecule has 3 nitrogen and oxygen atoms in total. The highest BCUT2D eigenvalue weighted by Crippen LogP contribution is 2.31. The summed E-state index contributed by atoms with van der Waals surface area (Å²) >= 11 is 9.52. The Morgan fingerprint density at radius 2 is 2.15 bits per heavy atom. The Hall–Kier alpha value is -1.10. The molecule has 0 spiro atoms. The molecule has 3 rings (SSSR count). The SMILES string of the molecule is Clc1cc(Br)ccc1Oc1ccnc(CNC2CC2)c1. The summed E-state index contributed by atoms with van der Waals surface area (Å²) in [5.41, 5.74) is 0.975. The molecule has 2 aromatic rings. The fourth-order valence-electron chi connectivity index (χ4n) is 1.84. The van der Waals surface area contributed by atoms with Crippen LogP contribution >= 0.6 is 27.5 Å². The Labute approximate surface area is 131 Å². The zero-order valence-corrected chi connectivity index (χ0v) is 13.1. The van der Waals surface area contributed by atoms with Crippen LogP contribution < -0.4 is 10.1 Å². The zero-order valence-electron chi connectivity index (χ0n) is 10.8. The maximum absolute atomic E-state index is 6.15. The van der Waals surface area contributed by atoms with E-state index in [2.05, 4.69) is 26.2 Å². The van der Waals surface area contributed by atoms with Gasteiger partial charge in [0.15, 0.2) is 0 Å². The summed E-state index contributed by atoms with van der Waals surface area (Å²) in [5, 5.41) is 4.01. The highest BCUT2D eigenvalue weighted by atomic mass is 79.9. The van der Waals surface area contributed by atoms with Crippen LogP contribution in [-0.4, -0.2) is 11.0 Å². The molecule has 1 fully saturated rings. The van der Waals surface area contributed by atoms with Crippen LogP contribution in [0.5, 0.6) is 11.5 Å². The second-order valence-electron chi connectivity index (χ2n) is 4.81. The van der Waals surface area contributed by atoms with Gasteiger partial charge in [-0.2, -0.15) is 0 Å². The van der Waals surface area contributed by atoms with E-state index in [1.807, 2.05) is 30.3 Å². The van der Waals surface area contributed by atoms with Crippen molar-refractivity contribution >= 4 is 27.5 Å². The van der Waals surface area contributed by atoms with Gasteiger partial charge in [-0.1, -0.05) is 27.5 Å². The average Bonchev–Trinajstić information content (AvgIpc) is 3.24. The van der Waals surface area contributed by atoms with Gasteiger partial charge < -0.3 is 10.1 Å². The van der Waals surface area contributed by atoms with Gasteiger partial charge >= 0.3 is 0 Å². The van der Waals surface area contributed by atoms with Gasteiger partial charge in [0.05, 0.1) is 10.7 Å². The highest BCUT2D eigenvalue weighted by Gasteiger charge is 2.20. The summed E-state index contributed by atoms with van der Waals surface area (Å²) in [4.78, 5) is 4.33. The van der Waals surface area contributed by atoms with Crippen molar-refractivity contribution in [2.45, 2.75) is 25.4 Å². The Morgan fingerprint density at radius 3 is 2.90 bits per heavy atom. The van der Waals surface area contributed by atoms with Gasteiger partial charge in [-0.15, -0.1) is 0 Å². The summed E-state index contributed by atoms with van der Waals surface area (Å²) in [6.07, 6.45) is 4.29. The lowest BCUT2D eigenvalue weighted by Crippen LogP contribution is -2.16. The number of pyridine rings is 1. The minimum absolute atomic E-state index is 0.578. The molecule has 0 radical (unpaired) electrons. The van der Waals surface area contributed by atoms with E-state index in [0.29, 0.717) is 16.8 Å². The number of rotatable bonds is 5. The first kappa shape index (κ1) is 13.9. The van der Waals surface area contributed by atoms with E-state index < -0.39 is 0 Å². The molecule has 1 aliphatic carbocycles. The van der Waals surface area contributed by atoms with Crippen molar-refractivity contribution in [2.75, 3.05) is 0 Å². The van der Waals surface area contributed by atoms with Gasteiger partial charge in [0.2, 0.25) is 0 Å². The average molecular weight is 354 g/mol. The van der Waals surface area contributed by atoms with E-state index in [9.17, 15) is 0 Å². The van der Waals surface area contributed by atoms with Gasteiger partial charge in [0, 0.05) is 29.3 Å². The van der Waals surface area contributed by atoms with Crippen LogP contribution in [0.15, 0.2) is 41.0 Å². The van der Waals surface area contributed by atoms with E-state index in [4.69, 9.17) is 16.3 Å². The number of hydrogen-bond donors (Lipinski definition) is 1. The van der Waals surface area contributed by atoms with Crippen molar-refractivity contribution < 1.29 is 4.74 Å². The first-order valence-corrected chi connectivity index (χ1v) is 7.69. The van der Waals surface area contributed by atoms with Gasteiger partial charge in [-0.3, -0.25) is 4.98 Å². The summed E-state index contributed by atoms with van der Waals surface area (Å²) < 4.78 is 6.74. The molecule has 1 aromatic carbocycles. The van der Waals surface area contributed by atoms with Crippen LogP contribution in [0.25, 0.3) is 0 Å². The molecule has 1 saturated carbocycles. The second-order valence-corrected chi connectivity index (χ2v) is 6.14. The lowest BCUT2D eigenvalue weighted by Gasteiger charge is -2.09. The molecule has 0 saturated heterocycles. The Balaban J connectivity index is 1.70. The lowest BCUT2D eigenvalue weighted by molar-refractivity contribution is 0.480. The Kier molecular flexibility index (Phi) is 4.24. The van der Waals surface area contributed by atoms with Crippen molar-refractivity contribution in [3.63, 3.8) is 0 Å². The van der Waals surface area contributed by atoms with Gasteiger partial charge in [-0.25, -0.2) is 0 Å². The lowest BCUT2D eigenvalue weighted by atomic mass is 10.3. The third-order valence-electron chi connectivity index (χ3n) is 3.06. The van der Waals surface area contributed by atoms with Crippen LogP contribution in [0.2, 0.25) is 5.02 Å². The van der Waals surface area contributed by atoms with E-state index in [-0.39, 0.29) is 0 Å². The maximum Gasteiger partial charge on any atom is 0.146 e. The molecule has 1 heterocycles. The van der Waals surface area contributed by atoms with E-state index in [1.54, 1.807) is 6.20 Å². The van der Waals surface area contributed by atoms with Crippen LogP contribution in [-0.2, 0) is 6.54 Å². The van der Waals surface area contributed by atoms with Crippen LogP contribution in [0.3, 0.4) is 0 Å². The monoisotopic (exact) mass is 352 g/mol. The number of aromatic nitrogens is 1. The number of benzene rings is 1. The number of nitrogens with zero attached hydrogens (tertiary/aromatic N) is 1. The minimum atomic E-state index is 0.578. The summed E-state index contributed by atoms with van der Waals surface area (Å²) in [5.74, 6) is 1.39. The van der Waals surface area contributed by atoms with Crippen molar-refractivity contribution in [3.05, 3.63) is 51.7 Å². The van der Waals surface area contributed by atoms with Gasteiger partial charge in [0.1, 0.15) is 11.5 Å².